The Morgan fingerprint density at radius 3 is 2.95 bits per heavy atom. The Morgan fingerprint density at radius 2 is 2.14 bits per heavy atom. The van der Waals surface area contributed by atoms with E-state index in [0.717, 1.165) is 11.1 Å². The highest BCUT2D eigenvalue weighted by molar-refractivity contribution is 9.10. The molecule has 0 radical (unpaired) electrons. The summed E-state index contributed by atoms with van der Waals surface area (Å²) in [6, 6.07) is 8.19. The molecular weight excluding hydrogens is 363 g/mol. The topological polar surface area (TPSA) is 27.7 Å². The summed E-state index contributed by atoms with van der Waals surface area (Å²) in [6.45, 7) is 0.797. The molecule has 0 aliphatic carbocycles. The van der Waals surface area contributed by atoms with E-state index in [1.54, 1.807) is 24.3 Å². The van der Waals surface area contributed by atoms with Gasteiger partial charge in [0.25, 0.3) is 0 Å². The van der Waals surface area contributed by atoms with Crippen molar-refractivity contribution in [2.24, 2.45) is 0 Å². The summed E-state index contributed by atoms with van der Waals surface area (Å²) in [5, 5.41) is 0.567. The van der Waals surface area contributed by atoms with Gasteiger partial charge >= 0.3 is 0 Å². The second-order valence-electron chi connectivity index (χ2n) is 4.53. The van der Waals surface area contributed by atoms with Crippen LogP contribution < -0.4 is 9.47 Å². The predicted octanol–water partition coefficient (Wildman–Crippen LogP) is 4.69. The minimum absolute atomic E-state index is 0.168. The molecule has 3 nitrogen and oxygen atoms in total. The van der Waals surface area contributed by atoms with Crippen LogP contribution in [-0.4, -0.2) is 6.79 Å². The number of benzene rings is 2. The standard InChI is InChI=1S/C15H11BrClFO3/c16-11-1-2-14(13(18)5-11)20-7-10-4-12(17)3-9-6-19-8-21-15(9)10/h1-5H,6-8H2. The molecule has 1 aliphatic heterocycles. The van der Waals surface area contributed by atoms with Gasteiger partial charge in [-0.1, -0.05) is 27.5 Å². The smallest absolute Gasteiger partial charge is 0.189 e. The average molecular weight is 374 g/mol. The van der Waals surface area contributed by atoms with Crippen LogP contribution in [0, 0.1) is 5.82 Å². The quantitative estimate of drug-likeness (QED) is 0.781. The lowest BCUT2D eigenvalue weighted by atomic mass is 10.1. The molecule has 2 aromatic rings. The molecule has 3 rings (SSSR count). The van der Waals surface area contributed by atoms with Crippen molar-refractivity contribution in [3.63, 3.8) is 0 Å². The van der Waals surface area contributed by atoms with Crippen molar-refractivity contribution in [2.75, 3.05) is 6.79 Å². The Labute approximate surface area is 134 Å². The summed E-state index contributed by atoms with van der Waals surface area (Å²) in [4.78, 5) is 0. The van der Waals surface area contributed by atoms with Gasteiger partial charge in [-0.25, -0.2) is 4.39 Å². The maximum Gasteiger partial charge on any atom is 0.189 e. The maximum atomic E-state index is 13.7. The minimum atomic E-state index is -0.426. The van der Waals surface area contributed by atoms with Crippen LogP contribution in [0.1, 0.15) is 11.1 Å². The summed E-state index contributed by atoms with van der Waals surface area (Å²) in [6.07, 6.45) is 0. The highest BCUT2D eigenvalue weighted by atomic mass is 79.9. The number of ether oxygens (including phenoxy) is 3. The lowest BCUT2D eigenvalue weighted by molar-refractivity contribution is -0.0175. The molecule has 0 amide bonds. The molecule has 0 N–H and O–H groups in total. The molecule has 0 atom stereocenters. The highest BCUT2D eigenvalue weighted by Crippen LogP contribution is 2.32. The summed E-state index contributed by atoms with van der Waals surface area (Å²) in [7, 11) is 0. The molecule has 21 heavy (non-hydrogen) atoms. The lowest BCUT2D eigenvalue weighted by Gasteiger charge is -2.21. The Bertz CT molecular complexity index is 678. The van der Waals surface area contributed by atoms with Gasteiger partial charge in [0.2, 0.25) is 0 Å². The molecule has 1 aliphatic rings. The second kappa shape index (κ2) is 6.22. The van der Waals surface area contributed by atoms with E-state index in [4.69, 9.17) is 25.8 Å². The predicted molar refractivity (Wildman–Crippen MR) is 80.2 cm³/mol. The fraction of sp³-hybridized carbons (Fsp3) is 0.200. The van der Waals surface area contributed by atoms with Gasteiger partial charge < -0.3 is 14.2 Å². The van der Waals surface area contributed by atoms with Crippen LogP contribution >= 0.6 is 27.5 Å². The Kier molecular flexibility index (Phi) is 4.33. The summed E-state index contributed by atoms with van der Waals surface area (Å²) in [5.74, 6) is 0.451. The van der Waals surface area contributed by atoms with Gasteiger partial charge in [0.05, 0.1) is 6.61 Å². The molecule has 2 aromatic carbocycles. The maximum absolute atomic E-state index is 13.7. The summed E-state index contributed by atoms with van der Waals surface area (Å²) < 4.78 is 30.6. The van der Waals surface area contributed by atoms with Crippen LogP contribution in [0.3, 0.4) is 0 Å². The van der Waals surface area contributed by atoms with Crippen molar-refractivity contribution >= 4 is 27.5 Å². The van der Waals surface area contributed by atoms with E-state index in [1.165, 1.54) is 6.07 Å². The average Bonchev–Trinajstić information content (AvgIpc) is 2.46. The van der Waals surface area contributed by atoms with Crippen LogP contribution in [0.2, 0.25) is 5.02 Å². The fourth-order valence-electron chi connectivity index (χ4n) is 2.11. The molecule has 0 saturated carbocycles. The molecule has 0 aromatic heterocycles. The Balaban J connectivity index is 1.83. The fourth-order valence-corrected chi connectivity index (χ4v) is 2.71. The first-order chi connectivity index (χ1) is 10.1. The SMILES string of the molecule is Fc1cc(Br)ccc1OCc1cc(Cl)cc2c1OCOC2. The van der Waals surface area contributed by atoms with Crippen molar-refractivity contribution < 1.29 is 18.6 Å². The van der Waals surface area contributed by atoms with E-state index in [9.17, 15) is 4.39 Å². The molecule has 0 saturated heterocycles. The van der Waals surface area contributed by atoms with Gasteiger partial charge in [-0.05, 0) is 30.3 Å². The van der Waals surface area contributed by atoms with Gasteiger partial charge in [-0.2, -0.15) is 0 Å². The van der Waals surface area contributed by atoms with E-state index < -0.39 is 5.82 Å². The van der Waals surface area contributed by atoms with Crippen LogP contribution in [0.15, 0.2) is 34.8 Å². The first kappa shape index (κ1) is 14.6. The largest absolute Gasteiger partial charge is 0.486 e. The summed E-state index contributed by atoms with van der Waals surface area (Å²) >= 11 is 9.27. The van der Waals surface area contributed by atoms with E-state index in [0.29, 0.717) is 21.9 Å². The minimum Gasteiger partial charge on any atom is -0.486 e. The number of rotatable bonds is 3. The second-order valence-corrected chi connectivity index (χ2v) is 5.88. The van der Waals surface area contributed by atoms with E-state index in [1.807, 2.05) is 0 Å². The number of hydrogen-bond acceptors (Lipinski definition) is 3. The molecule has 110 valence electrons. The Hall–Kier alpha value is -1.30. The third-order valence-electron chi connectivity index (χ3n) is 3.03. The van der Waals surface area contributed by atoms with Gasteiger partial charge in [0.15, 0.2) is 18.4 Å². The molecule has 0 unspecified atom stereocenters. The van der Waals surface area contributed by atoms with Crippen molar-refractivity contribution in [1.82, 2.24) is 0 Å². The van der Waals surface area contributed by atoms with Crippen LogP contribution in [0.4, 0.5) is 4.39 Å². The van der Waals surface area contributed by atoms with E-state index in [2.05, 4.69) is 15.9 Å². The van der Waals surface area contributed by atoms with Crippen LogP contribution in [-0.2, 0) is 18.0 Å². The van der Waals surface area contributed by atoms with Gasteiger partial charge in [0, 0.05) is 20.6 Å². The normalized spacial score (nSPS) is 13.5. The lowest BCUT2D eigenvalue weighted by Crippen LogP contribution is -2.14. The van der Waals surface area contributed by atoms with Crippen molar-refractivity contribution in [3.05, 3.63) is 56.8 Å². The van der Waals surface area contributed by atoms with E-state index in [-0.39, 0.29) is 19.1 Å². The van der Waals surface area contributed by atoms with Gasteiger partial charge in [-0.3, -0.25) is 0 Å². The first-order valence-electron chi connectivity index (χ1n) is 6.23. The zero-order valence-corrected chi connectivity index (χ0v) is 13.2. The zero-order valence-electron chi connectivity index (χ0n) is 10.9. The number of hydrogen-bond donors (Lipinski definition) is 0. The van der Waals surface area contributed by atoms with Crippen molar-refractivity contribution in [3.8, 4) is 11.5 Å². The first-order valence-corrected chi connectivity index (χ1v) is 7.40. The highest BCUT2D eigenvalue weighted by Gasteiger charge is 2.17. The van der Waals surface area contributed by atoms with Gasteiger partial charge in [0.1, 0.15) is 12.4 Å². The third kappa shape index (κ3) is 3.31. The monoisotopic (exact) mass is 372 g/mol. The van der Waals surface area contributed by atoms with E-state index >= 15 is 0 Å². The molecule has 1 heterocycles. The molecular formula is C15H11BrClFO3. The third-order valence-corrected chi connectivity index (χ3v) is 3.74. The van der Waals surface area contributed by atoms with Crippen molar-refractivity contribution in [1.29, 1.82) is 0 Å². The molecule has 0 bridgehead atoms. The zero-order chi connectivity index (χ0) is 14.8. The number of halogens is 3. The Morgan fingerprint density at radius 1 is 1.29 bits per heavy atom. The van der Waals surface area contributed by atoms with Crippen LogP contribution in [0.25, 0.3) is 0 Å². The van der Waals surface area contributed by atoms with Crippen LogP contribution in [0.5, 0.6) is 11.5 Å². The molecule has 6 heteroatoms. The van der Waals surface area contributed by atoms with Crippen molar-refractivity contribution in [2.45, 2.75) is 13.2 Å². The molecule has 0 spiro atoms. The summed E-state index contributed by atoms with van der Waals surface area (Å²) in [5.41, 5.74) is 1.63. The van der Waals surface area contributed by atoms with Gasteiger partial charge in [-0.15, -0.1) is 0 Å². The molecule has 0 fully saturated rings. The number of fused-ring (bicyclic) bond motifs is 1.